The molecule has 0 amide bonds. The lowest BCUT2D eigenvalue weighted by Gasteiger charge is -2.16. The molecule has 0 fully saturated rings. The largest absolute Gasteiger partial charge is 0.494 e. The van der Waals surface area contributed by atoms with Crippen molar-refractivity contribution < 1.29 is 9.84 Å². The van der Waals surface area contributed by atoms with E-state index in [1.54, 1.807) is 0 Å². The minimum absolute atomic E-state index is 0.0903. The van der Waals surface area contributed by atoms with Gasteiger partial charge in [0.15, 0.2) is 0 Å². The topological polar surface area (TPSA) is 29.5 Å². The van der Waals surface area contributed by atoms with Gasteiger partial charge in [-0.15, -0.1) is 0 Å². The Morgan fingerprint density at radius 3 is 1.55 bits per heavy atom. The second kappa shape index (κ2) is 15.8. The number of hydrogen-bond acceptors (Lipinski definition) is 2. The summed E-state index contributed by atoms with van der Waals surface area (Å²) in [6.07, 6.45) is 13.6. The van der Waals surface area contributed by atoms with Crippen molar-refractivity contribution in [1.29, 1.82) is 0 Å². The number of aliphatic hydroxyl groups excluding tert-OH is 1. The number of aliphatic hydroxyl groups is 1. The van der Waals surface area contributed by atoms with Gasteiger partial charge in [0.1, 0.15) is 5.75 Å². The second-order valence-electron chi connectivity index (χ2n) is 9.94. The summed E-state index contributed by atoms with van der Waals surface area (Å²) in [5.74, 6) is 4.25. The van der Waals surface area contributed by atoms with E-state index in [0.717, 1.165) is 48.0 Å². The van der Waals surface area contributed by atoms with Gasteiger partial charge in [0.05, 0.1) is 13.2 Å². The predicted octanol–water partition coefficient (Wildman–Crippen LogP) is 8.02. The van der Waals surface area contributed by atoms with Gasteiger partial charge >= 0.3 is 0 Å². The smallest absolute Gasteiger partial charge is 0.119 e. The van der Waals surface area contributed by atoms with Gasteiger partial charge < -0.3 is 9.84 Å². The Kier molecular flexibility index (Phi) is 14.1. The summed E-state index contributed by atoms with van der Waals surface area (Å²) in [5, 5.41) is 9.08. The molecule has 2 nitrogen and oxygen atoms in total. The Balaban J connectivity index is 2.01. The van der Waals surface area contributed by atoms with Crippen molar-refractivity contribution in [2.45, 2.75) is 105 Å². The van der Waals surface area contributed by atoms with Gasteiger partial charge in [-0.05, 0) is 47.8 Å². The molecule has 0 heterocycles. The molecule has 0 radical (unpaired) electrons. The molecule has 29 heavy (non-hydrogen) atoms. The molecule has 1 rings (SSSR count). The second-order valence-corrected chi connectivity index (χ2v) is 9.94. The van der Waals surface area contributed by atoms with Crippen LogP contribution in [0.3, 0.4) is 0 Å². The highest BCUT2D eigenvalue weighted by Crippen LogP contribution is 2.23. The van der Waals surface area contributed by atoms with Gasteiger partial charge in [0, 0.05) is 0 Å². The maximum absolute atomic E-state index is 9.08. The van der Waals surface area contributed by atoms with Gasteiger partial charge in [-0.3, -0.25) is 0 Å². The molecule has 0 aliphatic rings. The summed E-state index contributed by atoms with van der Waals surface area (Å²) in [6, 6.07) is 7.74. The van der Waals surface area contributed by atoms with E-state index in [4.69, 9.17) is 9.84 Å². The van der Waals surface area contributed by atoms with Crippen molar-refractivity contribution in [3.8, 4) is 5.75 Å². The molecule has 0 aliphatic carbocycles. The fraction of sp³-hybridized carbons (Fsp3) is 0.778. The zero-order valence-electron chi connectivity index (χ0n) is 20.0. The van der Waals surface area contributed by atoms with Gasteiger partial charge in [0.25, 0.3) is 0 Å². The van der Waals surface area contributed by atoms with Crippen LogP contribution in [0.5, 0.6) is 5.75 Å². The van der Waals surface area contributed by atoms with E-state index in [1.807, 2.05) is 24.3 Å². The van der Waals surface area contributed by atoms with E-state index < -0.39 is 0 Å². The zero-order valence-corrected chi connectivity index (χ0v) is 20.0. The first-order valence-corrected chi connectivity index (χ1v) is 12.2. The summed E-state index contributed by atoms with van der Waals surface area (Å²) in [5.41, 5.74) is 0.931. The molecular weight excluding hydrogens is 356 g/mol. The highest BCUT2D eigenvalue weighted by Gasteiger charge is 2.08. The third-order valence-electron chi connectivity index (χ3n) is 6.25. The fourth-order valence-corrected chi connectivity index (χ4v) is 4.01. The normalized spacial score (nSPS) is 14.7. The van der Waals surface area contributed by atoms with Gasteiger partial charge in [-0.2, -0.15) is 0 Å². The molecule has 1 unspecified atom stereocenters. The molecule has 1 aromatic carbocycles. The van der Waals surface area contributed by atoms with E-state index in [9.17, 15) is 0 Å². The SMILES string of the molecule is CC(C)CCC[C@@H](C)CCC[C@@H](C)CCCC(C)CCOc1ccc(CO)cc1. The van der Waals surface area contributed by atoms with Crippen LogP contribution in [0, 0.1) is 23.7 Å². The Labute approximate surface area is 181 Å². The highest BCUT2D eigenvalue weighted by molar-refractivity contribution is 5.26. The van der Waals surface area contributed by atoms with Crippen molar-refractivity contribution in [2.75, 3.05) is 6.61 Å². The highest BCUT2D eigenvalue weighted by atomic mass is 16.5. The minimum Gasteiger partial charge on any atom is -0.494 e. The molecule has 2 heteroatoms. The van der Waals surface area contributed by atoms with Crippen LogP contribution in [-0.4, -0.2) is 11.7 Å². The average Bonchev–Trinajstić information content (AvgIpc) is 2.68. The van der Waals surface area contributed by atoms with Gasteiger partial charge in [-0.25, -0.2) is 0 Å². The molecule has 0 bridgehead atoms. The first kappa shape index (κ1) is 26.0. The van der Waals surface area contributed by atoms with E-state index in [0.29, 0.717) is 0 Å². The molecule has 168 valence electrons. The van der Waals surface area contributed by atoms with E-state index in [2.05, 4.69) is 34.6 Å². The Morgan fingerprint density at radius 1 is 0.655 bits per heavy atom. The van der Waals surface area contributed by atoms with Gasteiger partial charge in [0.2, 0.25) is 0 Å². The van der Waals surface area contributed by atoms with E-state index in [-0.39, 0.29) is 6.61 Å². The molecule has 0 saturated carbocycles. The number of ether oxygens (including phenoxy) is 1. The van der Waals surface area contributed by atoms with Crippen LogP contribution in [-0.2, 0) is 6.61 Å². The van der Waals surface area contributed by atoms with Crippen molar-refractivity contribution in [3.05, 3.63) is 29.8 Å². The third kappa shape index (κ3) is 13.8. The minimum atomic E-state index is 0.0903. The van der Waals surface area contributed by atoms with Crippen molar-refractivity contribution in [3.63, 3.8) is 0 Å². The van der Waals surface area contributed by atoms with Crippen LogP contribution in [0.2, 0.25) is 0 Å². The maximum Gasteiger partial charge on any atom is 0.119 e. The molecule has 0 spiro atoms. The molecule has 3 atom stereocenters. The summed E-state index contributed by atoms with van der Waals surface area (Å²) in [6.45, 7) is 12.8. The maximum atomic E-state index is 9.08. The molecular formula is C27H48O2. The molecule has 0 aromatic heterocycles. The number of benzene rings is 1. The fourth-order valence-electron chi connectivity index (χ4n) is 4.01. The Morgan fingerprint density at radius 2 is 1.10 bits per heavy atom. The van der Waals surface area contributed by atoms with Crippen LogP contribution in [0.15, 0.2) is 24.3 Å². The number of hydrogen-bond donors (Lipinski definition) is 1. The lowest BCUT2D eigenvalue weighted by Crippen LogP contribution is -2.05. The quantitative estimate of drug-likeness (QED) is 0.285. The standard InChI is InChI=1S/C27H48O2/c1-22(2)9-6-10-23(3)11-7-12-24(4)13-8-14-25(5)19-20-29-27-17-15-26(21-28)16-18-27/h15-18,22-25,28H,6-14,19-21H2,1-5H3/t23-,24-,25?/m1/s1. The van der Waals surface area contributed by atoms with Crippen LogP contribution in [0.1, 0.15) is 104 Å². The molecule has 1 aromatic rings. The summed E-state index contributed by atoms with van der Waals surface area (Å²) >= 11 is 0. The molecule has 0 saturated heterocycles. The average molecular weight is 405 g/mol. The Bertz CT molecular complexity index is 494. The summed E-state index contributed by atoms with van der Waals surface area (Å²) in [4.78, 5) is 0. The lowest BCUT2D eigenvalue weighted by atomic mass is 9.91. The first-order valence-electron chi connectivity index (χ1n) is 12.2. The number of rotatable bonds is 17. The lowest BCUT2D eigenvalue weighted by molar-refractivity contribution is 0.272. The van der Waals surface area contributed by atoms with Crippen molar-refractivity contribution >= 4 is 0 Å². The predicted molar refractivity (Wildman–Crippen MR) is 126 cm³/mol. The van der Waals surface area contributed by atoms with Crippen LogP contribution >= 0.6 is 0 Å². The first-order chi connectivity index (χ1) is 13.9. The Hall–Kier alpha value is -1.02. The molecule has 0 aliphatic heterocycles. The zero-order chi connectivity index (χ0) is 21.5. The van der Waals surface area contributed by atoms with Crippen molar-refractivity contribution in [2.24, 2.45) is 23.7 Å². The van der Waals surface area contributed by atoms with Crippen LogP contribution in [0.25, 0.3) is 0 Å². The monoisotopic (exact) mass is 404 g/mol. The van der Waals surface area contributed by atoms with Gasteiger partial charge in [-0.1, -0.05) is 105 Å². The summed E-state index contributed by atoms with van der Waals surface area (Å²) in [7, 11) is 0. The van der Waals surface area contributed by atoms with Crippen LogP contribution < -0.4 is 4.74 Å². The molecule has 1 N–H and O–H groups in total. The van der Waals surface area contributed by atoms with E-state index in [1.165, 1.54) is 57.8 Å². The summed E-state index contributed by atoms with van der Waals surface area (Å²) < 4.78 is 5.84. The van der Waals surface area contributed by atoms with Crippen molar-refractivity contribution in [1.82, 2.24) is 0 Å². The van der Waals surface area contributed by atoms with Crippen LogP contribution in [0.4, 0.5) is 0 Å². The third-order valence-corrected chi connectivity index (χ3v) is 6.25. The van der Waals surface area contributed by atoms with E-state index >= 15 is 0 Å².